The Kier molecular flexibility index (Phi) is 6.31. The molecule has 3 aromatic rings. The number of amides is 1. The number of carbonyl (C=O) groups is 1. The first-order valence-electron chi connectivity index (χ1n) is 12.3. The minimum absolute atomic E-state index is 0.0432. The maximum absolute atomic E-state index is 13.4. The highest BCUT2D eigenvalue weighted by Gasteiger charge is 2.37. The van der Waals surface area contributed by atoms with Crippen molar-refractivity contribution in [2.75, 3.05) is 0 Å². The van der Waals surface area contributed by atoms with E-state index in [1.807, 2.05) is 16.9 Å². The van der Waals surface area contributed by atoms with Crippen molar-refractivity contribution in [1.82, 2.24) is 20.1 Å². The molecule has 0 spiro atoms. The molecule has 176 valence electrons. The molecule has 0 bridgehead atoms. The molecule has 5 nitrogen and oxygen atoms in total. The van der Waals surface area contributed by atoms with E-state index in [0.29, 0.717) is 17.4 Å². The van der Waals surface area contributed by atoms with E-state index in [1.165, 1.54) is 29.0 Å². The van der Waals surface area contributed by atoms with Crippen LogP contribution in [0.1, 0.15) is 73.5 Å². The standard InChI is InChI=1S/C28H31FN4O/c1-3-5-23(32-28(34)21-6-4-13-30-16-21)14-19-7-8-20-15-26-25(18(2)27(19)20)17-31-33(26)24-11-9-22(29)10-12-24/h4,6,9-13,16-19,23H,3,5,7-8,14-15H2,1-2H3,(H,32,34)/t18-,19+,23?/m0/s1. The van der Waals surface area contributed by atoms with Crippen LogP contribution in [0, 0.1) is 11.7 Å². The first-order chi connectivity index (χ1) is 16.5. The molecule has 6 heteroatoms. The van der Waals surface area contributed by atoms with Gasteiger partial charge in [-0.2, -0.15) is 5.10 Å². The summed E-state index contributed by atoms with van der Waals surface area (Å²) in [6.07, 6.45) is 11.4. The summed E-state index contributed by atoms with van der Waals surface area (Å²) in [5, 5.41) is 7.94. The van der Waals surface area contributed by atoms with Gasteiger partial charge in [-0.3, -0.25) is 9.78 Å². The lowest BCUT2D eigenvalue weighted by Gasteiger charge is -2.29. The van der Waals surface area contributed by atoms with E-state index in [0.717, 1.165) is 44.2 Å². The molecule has 1 N–H and O–H groups in total. The largest absolute Gasteiger partial charge is 0.349 e. The van der Waals surface area contributed by atoms with Crippen molar-refractivity contribution in [2.45, 2.75) is 64.3 Å². The quantitative estimate of drug-likeness (QED) is 0.458. The highest BCUT2D eigenvalue weighted by molar-refractivity contribution is 5.94. The second-order valence-corrected chi connectivity index (χ2v) is 9.56. The van der Waals surface area contributed by atoms with Crippen molar-refractivity contribution in [3.63, 3.8) is 0 Å². The van der Waals surface area contributed by atoms with Gasteiger partial charge in [0.15, 0.2) is 0 Å². The highest BCUT2D eigenvalue weighted by Crippen LogP contribution is 2.48. The lowest BCUT2D eigenvalue weighted by Crippen LogP contribution is -2.36. The van der Waals surface area contributed by atoms with Crippen LogP contribution in [0.5, 0.6) is 0 Å². The zero-order chi connectivity index (χ0) is 23.7. The van der Waals surface area contributed by atoms with E-state index in [4.69, 9.17) is 0 Å². The fraction of sp³-hybridized carbons (Fsp3) is 0.393. The zero-order valence-electron chi connectivity index (χ0n) is 19.8. The lowest BCUT2D eigenvalue weighted by atomic mass is 9.78. The molecule has 0 saturated carbocycles. The van der Waals surface area contributed by atoms with Crippen molar-refractivity contribution < 1.29 is 9.18 Å². The number of nitrogens with one attached hydrogen (secondary N) is 1. The molecule has 0 radical (unpaired) electrons. The number of hydrogen-bond donors (Lipinski definition) is 1. The van der Waals surface area contributed by atoms with Crippen LogP contribution < -0.4 is 5.32 Å². The molecule has 2 aliphatic rings. The Balaban J connectivity index is 1.34. The predicted octanol–water partition coefficient (Wildman–Crippen LogP) is 5.76. The van der Waals surface area contributed by atoms with E-state index in [-0.39, 0.29) is 17.8 Å². The van der Waals surface area contributed by atoms with Crippen LogP contribution in [0.2, 0.25) is 0 Å². The van der Waals surface area contributed by atoms with Gasteiger partial charge in [0.05, 0.1) is 23.1 Å². The number of benzene rings is 1. The minimum Gasteiger partial charge on any atom is -0.349 e. The van der Waals surface area contributed by atoms with Gasteiger partial charge in [0, 0.05) is 36.3 Å². The maximum Gasteiger partial charge on any atom is 0.253 e. The number of fused-ring (bicyclic) bond motifs is 1. The molecule has 2 aliphatic carbocycles. The lowest BCUT2D eigenvalue weighted by molar-refractivity contribution is 0.0929. The Labute approximate surface area is 200 Å². The number of carbonyl (C=O) groups excluding carboxylic acids is 1. The van der Waals surface area contributed by atoms with Gasteiger partial charge in [0.1, 0.15) is 5.82 Å². The van der Waals surface area contributed by atoms with Crippen LogP contribution >= 0.6 is 0 Å². The fourth-order valence-corrected chi connectivity index (χ4v) is 5.84. The molecule has 2 aromatic heterocycles. The number of hydrogen-bond acceptors (Lipinski definition) is 3. The van der Waals surface area contributed by atoms with E-state index >= 15 is 0 Å². The zero-order valence-corrected chi connectivity index (χ0v) is 19.8. The Hall–Kier alpha value is -3.28. The van der Waals surface area contributed by atoms with E-state index in [9.17, 15) is 9.18 Å². The van der Waals surface area contributed by atoms with Crippen LogP contribution in [0.3, 0.4) is 0 Å². The van der Waals surface area contributed by atoms with Gasteiger partial charge in [-0.25, -0.2) is 9.07 Å². The maximum atomic E-state index is 13.4. The molecule has 34 heavy (non-hydrogen) atoms. The molecule has 1 aromatic carbocycles. The second-order valence-electron chi connectivity index (χ2n) is 9.56. The smallest absolute Gasteiger partial charge is 0.253 e. The molecule has 0 fully saturated rings. The van der Waals surface area contributed by atoms with Gasteiger partial charge in [-0.15, -0.1) is 0 Å². The molecule has 2 heterocycles. The van der Waals surface area contributed by atoms with E-state index in [2.05, 4.69) is 29.2 Å². The topological polar surface area (TPSA) is 59.8 Å². The Morgan fingerprint density at radius 2 is 2.06 bits per heavy atom. The summed E-state index contributed by atoms with van der Waals surface area (Å²) < 4.78 is 15.4. The van der Waals surface area contributed by atoms with Crippen molar-refractivity contribution in [3.8, 4) is 5.69 Å². The fourth-order valence-electron chi connectivity index (χ4n) is 5.84. The number of pyridine rings is 1. The molecular weight excluding hydrogens is 427 g/mol. The summed E-state index contributed by atoms with van der Waals surface area (Å²) in [5.74, 6) is 0.493. The third-order valence-corrected chi connectivity index (χ3v) is 7.39. The molecule has 0 saturated heterocycles. The van der Waals surface area contributed by atoms with E-state index < -0.39 is 0 Å². The van der Waals surface area contributed by atoms with Gasteiger partial charge in [0.2, 0.25) is 0 Å². The summed E-state index contributed by atoms with van der Waals surface area (Å²) in [4.78, 5) is 16.9. The minimum atomic E-state index is -0.237. The number of halogens is 1. The number of aromatic nitrogens is 3. The van der Waals surface area contributed by atoms with Crippen LogP contribution in [0.4, 0.5) is 4.39 Å². The molecule has 1 amide bonds. The number of rotatable bonds is 7. The first kappa shape index (κ1) is 22.5. The van der Waals surface area contributed by atoms with Gasteiger partial charge >= 0.3 is 0 Å². The van der Waals surface area contributed by atoms with Crippen molar-refractivity contribution in [2.24, 2.45) is 5.92 Å². The van der Waals surface area contributed by atoms with Gasteiger partial charge in [0.25, 0.3) is 5.91 Å². The Morgan fingerprint density at radius 3 is 2.79 bits per heavy atom. The summed E-state index contributed by atoms with van der Waals surface area (Å²) in [7, 11) is 0. The Morgan fingerprint density at radius 1 is 1.24 bits per heavy atom. The summed E-state index contributed by atoms with van der Waals surface area (Å²) in [5.41, 5.74) is 7.05. The molecular formula is C28H31FN4O. The number of nitrogens with zero attached hydrogens (tertiary/aromatic N) is 3. The number of allylic oxidation sites excluding steroid dienone is 2. The molecule has 5 rings (SSSR count). The van der Waals surface area contributed by atoms with Gasteiger partial charge < -0.3 is 5.32 Å². The third-order valence-electron chi connectivity index (χ3n) is 7.39. The first-order valence-corrected chi connectivity index (χ1v) is 12.3. The summed E-state index contributed by atoms with van der Waals surface area (Å²) in [6, 6.07) is 10.3. The predicted molar refractivity (Wildman–Crippen MR) is 130 cm³/mol. The summed E-state index contributed by atoms with van der Waals surface area (Å²) >= 11 is 0. The highest BCUT2D eigenvalue weighted by atomic mass is 19.1. The Bertz CT molecular complexity index is 1200. The van der Waals surface area contributed by atoms with Crippen LogP contribution in [0.15, 0.2) is 66.1 Å². The van der Waals surface area contributed by atoms with Crippen molar-refractivity contribution >= 4 is 5.91 Å². The van der Waals surface area contributed by atoms with E-state index in [1.54, 1.807) is 36.2 Å². The molecule has 3 atom stereocenters. The molecule has 1 unspecified atom stereocenters. The van der Waals surface area contributed by atoms with Crippen LogP contribution in [-0.2, 0) is 6.42 Å². The average molecular weight is 459 g/mol. The molecule has 0 aliphatic heterocycles. The van der Waals surface area contributed by atoms with Crippen LogP contribution in [0.25, 0.3) is 5.69 Å². The second kappa shape index (κ2) is 9.53. The summed E-state index contributed by atoms with van der Waals surface area (Å²) in [6.45, 7) is 4.45. The average Bonchev–Trinajstić information content (AvgIpc) is 3.45. The third kappa shape index (κ3) is 4.29. The van der Waals surface area contributed by atoms with Crippen LogP contribution in [-0.4, -0.2) is 26.7 Å². The SMILES string of the molecule is CCCC(C[C@H]1CCC2=C1[C@@H](C)c1cnn(-c3ccc(F)cc3)c1C2)NC(=O)c1cccnc1. The van der Waals surface area contributed by atoms with Gasteiger partial charge in [-0.1, -0.05) is 31.4 Å². The normalized spacial score (nSPS) is 20.1. The monoisotopic (exact) mass is 458 g/mol. The van der Waals surface area contributed by atoms with Gasteiger partial charge in [-0.05, 0) is 68.0 Å². The van der Waals surface area contributed by atoms with Crippen molar-refractivity contribution in [1.29, 1.82) is 0 Å². The van der Waals surface area contributed by atoms with Crippen molar-refractivity contribution in [3.05, 3.63) is 88.8 Å².